The third-order valence-electron chi connectivity index (χ3n) is 5.64. The molecule has 5 rings (SSSR count). The lowest BCUT2D eigenvalue weighted by molar-refractivity contribution is -0.110. The van der Waals surface area contributed by atoms with Gasteiger partial charge in [0, 0.05) is 6.07 Å². The highest BCUT2D eigenvalue weighted by atomic mass is 16.7. The molecule has 3 heterocycles. The quantitative estimate of drug-likeness (QED) is 0.483. The maximum absolute atomic E-state index is 13.3. The molecule has 0 saturated heterocycles. The van der Waals surface area contributed by atoms with E-state index in [0.717, 1.165) is 0 Å². The fourth-order valence-corrected chi connectivity index (χ4v) is 4.06. The van der Waals surface area contributed by atoms with E-state index >= 15 is 0 Å². The Hall–Kier alpha value is -3.23. The molecule has 0 radical (unpaired) electrons. The van der Waals surface area contributed by atoms with Crippen LogP contribution in [0.1, 0.15) is 31.4 Å². The number of phenols is 2. The second kappa shape index (κ2) is 5.90. The summed E-state index contributed by atoms with van der Waals surface area (Å²) in [5, 5.41) is 41.9. The zero-order valence-corrected chi connectivity index (χ0v) is 16.3. The predicted octanol–water partition coefficient (Wildman–Crippen LogP) is 2.51. The Balaban J connectivity index is 1.80. The van der Waals surface area contributed by atoms with E-state index in [1.54, 1.807) is 19.9 Å². The van der Waals surface area contributed by atoms with Crippen LogP contribution in [0.4, 0.5) is 0 Å². The molecule has 8 nitrogen and oxygen atoms in total. The normalized spacial score (nSPS) is 22.2. The number of aromatic hydroxyl groups is 2. The molecule has 156 valence electrons. The highest BCUT2D eigenvalue weighted by molar-refractivity contribution is 5.98. The molecule has 0 saturated carbocycles. The van der Waals surface area contributed by atoms with Gasteiger partial charge < -0.3 is 34.3 Å². The molecule has 0 amide bonds. The predicted molar refractivity (Wildman–Crippen MR) is 106 cm³/mol. The van der Waals surface area contributed by atoms with Crippen molar-refractivity contribution in [3.05, 3.63) is 51.9 Å². The molecular formula is C22H20O8. The Morgan fingerprint density at radius 1 is 1.20 bits per heavy atom. The molecule has 3 aromatic rings. The molecule has 30 heavy (non-hydrogen) atoms. The van der Waals surface area contributed by atoms with Crippen molar-refractivity contribution in [2.75, 3.05) is 0 Å². The number of aryl methyl sites for hydroxylation is 1. The zero-order valence-electron chi connectivity index (χ0n) is 16.3. The van der Waals surface area contributed by atoms with E-state index in [-0.39, 0.29) is 39.0 Å². The Morgan fingerprint density at radius 3 is 2.70 bits per heavy atom. The zero-order chi connectivity index (χ0) is 21.4. The van der Waals surface area contributed by atoms with Gasteiger partial charge in [-0.1, -0.05) is 6.07 Å². The molecule has 1 aromatic heterocycles. The third-order valence-corrected chi connectivity index (χ3v) is 5.64. The Morgan fingerprint density at radius 2 is 1.97 bits per heavy atom. The van der Waals surface area contributed by atoms with Crippen LogP contribution in [0.2, 0.25) is 0 Å². The van der Waals surface area contributed by atoms with Gasteiger partial charge in [-0.05, 0) is 44.4 Å². The van der Waals surface area contributed by atoms with Gasteiger partial charge in [-0.2, -0.15) is 0 Å². The molecule has 8 heteroatoms. The summed E-state index contributed by atoms with van der Waals surface area (Å²) in [5.41, 5.74) is -2.43. The van der Waals surface area contributed by atoms with E-state index in [0.29, 0.717) is 18.4 Å². The van der Waals surface area contributed by atoms with E-state index < -0.39 is 28.7 Å². The van der Waals surface area contributed by atoms with Crippen molar-refractivity contribution >= 4 is 21.9 Å². The first kappa shape index (κ1) is 18.8. The van der Waals surface area contributed by atoms with Crippen molar-refractivity contribution in [1.29, 1.82) is 0 Å². The van der Waals surface area contributed by atoms with Gasteiger partial charge in [0.2, 0.25) is 5.43 Å². The van der Waals surface area contributed by atoms with Crippen molar-refractivity contribution in [2.45, 2.75) is 44.2 Å². The SMILES string of the molecule is CC(C)(O)CCc1ccc(O)c2c(=O)c3c(O)c4c(cc3oc12)O[C@@H]1OC=C[C@]41O. The van der Waals surface area contributed by atoms with Crippen LogP contribution in [0.25, 0.3) is 21.9 Å². The molecule has 0 fully saturated rings. The van der Waals surface area contributed by atoms with Crippen molar-refractivity contribution < 1.29 is 34.3 Å². The Bertz CT molecular complexity index is 1300. The molecule has 2 atom stereocenters. The maximum Gasteiger partial charge on any atom is 0.277 e. The molecule has 0 spiro atoms. The van der Waals surface area contributed by atoms with Crippen LogP contribution in [0.15, 0.2) is 39.7 Å². The van der Waals surface area contributed by atoms with Gasteiger partial charge in [0.05, 0.1) is 17.4 Å². The smallest absolute Gasteiger partial charge is 0.277 e. The minimum absolute atomic E-state index is 0.0121. The number of hydrogen-bond donors (Lipinski definition) is 4. The fourth-order valence-electron chi connectivity index (χ4n) is 4.06. The monoisotopic (exact) mass is 412 g/mol. The number of aliphatic hydroxyl groups is 2. The molecular weight excluding hydrogens is 392 g/mol. The van der Waals surface area contributed by atoms with Crippen LogP contribution < -0.4 is 10.2 Å². The summed E-state index contributed by atoms with van der Waals surface area (Å²) in [7, 11) is 0. The largest absolute Gasteiger partial charge is 0.507 e. The highest BCUT2D eigenvalue weighted by Gasteiger charge is 2.53. The lowest BCUT2D eigenvalue weighted by Gasteiger charge is -2.19. The van der Waals surface area contributed by atoms with Gasteiger partial charge in [-0.3, -0.25) is 4.79 Å². The molecule has 2 aromatic carbocycles. The molecule has 0 bridgehead atoms. The first-order valence-corrected chi connectivity index (χ1v) is 9.52. The van der Waals surface area contributed by atoms with Gasteiger partial charge in [-0.25, -0.2) is 0 Å². The summed E-state index contributed by atoms with van der Waals surface area (Å²) in [6.45, 7) is 3.36. The first-order valence-electron chi connectivity index (χ1n) is 9.52. The van der Waals surface area contributed by atoms with Crippen LogP contribution in [0.3, 0.4) is 0 Å². The Labute approximate surface area is 170 Å². The standard InChI is InChI=1S/C22H20O8/c1-21(2,26)6-5-10-3-4-11(23)14-17(24)15-12(29-19(10)14)9-13-16(18(15)25)22(27)7-8-28-20(22)30-13/h3-4,7-9,20,23,25-27H,5-6H2,1-2H3/t20-,22-/m0/s1. The van der Waals surface area contributed by atoms with E-state index in [2.05, 4.69) is 0 Å². The number of phenolic OH excluding ortho intramolecular Hbond substituents is 2. The van der Waals surface area contributed by atoms with Crippen molar-refractivity contribution in [3.8, 4) is 17.2 Å². The molecule has 2 aliphatic heterocycles. The van der Waals surface area contributed by atoms with Gasteiger partial charge in [0.15, 0.2) is 5.60 Å². The third kappa shape index (κ3) is 2.50. The van der Waals surface area contributed by atoms with Crippen molar-refractivity contribution in [1.82, 2.24) is 0 Å². The molecule has 2 aliphatic rings. The van der Waals surface area contributed by atoms with Gasteiger partial charge in [-0.15, -0.1) is 0 Å². The minimum Gasteiger partial charge on any atom is -0.507 e. The lowest BCUT2D eigenvalue weighted by Crippen LogP contribution is -2.33. The van der Waals surface area contributed by atoms with Crippen LogP contribution in [-0.2, 0) is 16.8 Å². The fraction of sp³-hybridized carbons (Fsp3) is 0.318. The lowest BCUT2D eigenvalue weighted by atomic mass is 9.92. The average molecular weight is 412 g/mol. The number of hydrogen-bond acceptors (Lipinski definition) is 8. The summed E-state index contributed by atoms with van der Waals surface area (Å²) < 4.78 is 16.7. The van der Waals surface area contributed by atoms with E-state index in [1.807, 2.05) is 0 Å². The van der Waals surface area contributed by atoms with E-state index in [1.165, 1.54) is 24.5 Å². The maximum atomic E-state index is 13.3. The summed E-state index contributed by atoms with van der Waals surface area (Å²) in [6.07, 6.45) is 2.34. The second-order valence-corrected chi connectivity index (χ2v) is 8.38. The van der Waals surface area contributed by atoms with Crippen molar-refractivity contribution in [3.63, 3.8) is 0 Å². The summed E-state index contributed by atoms with van der Waals surface area (Å²) in [5.74, 6) is -0.637. The van der Waals surface area contributed by atoms with Crippen LogP contribution in [-0.4, -0.2) is 32.3 Å². The van der Waals surface area contributed by atoms with Gasteiger partial charge >= 0.3 is 0 Å². The van der Waals surface area contributed by atoms with Crippen molar-refractivity contribution in [2.24, 2.45) is 0 Å². The highest BCUT2D eigenvalue weighted by Crippen LogP contribution is 2.52. The number of benzene rings is 2. The Kier molecular flexibility index (Phi) is 3.69. The molecule has 0 aliphatic carbocycles. The van der Waals surface area contributed by atoms with Gasteiger partial charge in [0.1, 0.15) is 39.2 Å². The number of fused-ring (bicyclic) bond motifs is 5. The van der Waals surface area contributed by atoms with Crippen LogP contribution in [0.5, 0.6) is 17.2 Å². The molecule has 4 N–H and O–H groups in total. The average Bonchev–Trinajstić information content (AvgIpc) is 3.13. The summed E-state index contributed by atoms with van der Waals surface area (Å²) in [6, 6.07) is 4.44. The van der Waals surface area contributed by atoms with Crippen LogP contribution in [0, 0.1) is 0 Å². The number of rotatable bonds is 3. The summed E-state index contributed by atoms with van der Waals surface area (Å²) in [4.78, 5) is 13.3. The van der Waals surface area contributed by atoms with E-state index in [4.69, 9.17) is 13.9 Å². The second-order valence-electron chi connectivity index (χ2n) is 8.38. The van der Waals surface area contributed by atoms with Gasteiger partial charge in [0.25, 0.3) is 6.29 Å². The topological polar surface area (TPSA) is 130 Å². The van der Waals surface area contributed by atoms with E-state index in [9.17, 15) is 25.2 Å². The number of ether oxygens (including phenoxy) is 2. The van der Waals surface area contributed by atoms with Crippen LogP contribution >= 0.6 is 0 Å². The minimum atomic E-state index is -1.73. The first-order chi connectivity index (χ1) is 14.1. The molecule has 0 unspecified atom stereocenters. The summed E-state index contributed by atoms with van der Waals surface area (Å²) >= 11 is 0.